The second-order valence-corrected chi connectivity index (χ2v) is 9.03. The summed E-state index contributed by atoms with van der Waals surface area (Å²) in [4.78, 5) is 28.1. The van der Waals surface area contributed by atoms with Crippen LogP contribution in [0.2, 0.25) is 0 Å². The number of hydrogen-bond acceptors (Lipinski definition) is 8. The number of carbonyl (C=O) groups is 1. The zero-order valence-corrected chi connectivity index (χ0v) is 17.9. The van der Waals surface area contributed by atoms with Gasteiger partial charge in [0.2, 0.25) is 5.91 Å². The fraction of sp³-hybridized carbons (Fsp3) is 0.300. The Balaban J connectivity index is 1.16. The second kappa shape index (κ2) is 8.50. The summed E-state index contributed by atoms with van der Waals surface area (Å²) >= 11 is 3.31. The summed E-state index contributed by atoms with van der Waals surface area (Å²) in [5, 5.41) is 12.5. The molecule has 154 valence electrons. The van der Waals surface area contributed by atoms with Gasteiger partial charge in [0.15, 0.2) is 0 Å². The molecule has 1 fully saturated rings. The molecule has 1 aliphatic heterocycles. The van der Waals surface area contributed by atoms with Gasteiger partial charge in [0, 0.05) is 37.1 Å². The molecular formula is C20H21N7OS2. The standard InChI is InChI=1S/C20H21N7OS2/c28-18(24-17-3-5-23-27(17)12-15-2-1-10-29-15)13-25-6-8-26(9-7-25)19-16-4-11-30-20(16)22-14-21-19/h1-5,10-11,14H,6-9,12-13H2,(H,24,28). The highest BCUT2D eigenvalue weighted by Gasteiger charge is 2.22. The van der Waals surface area contributed by atoms with E-state index in [4.69, 9.17) is 0 Å². The molecular weight excluding hydrogens is 418 g/mol. The number of fused-ring (bicyclic) bond motifs is 1. The predicted octanol–water partition coefficient (Wildman–Crippen LogP) is 2.76. The van der Waals surface area contributed by atoms with Crippen molar-refractivity contribution >= 4 is 50.4 Å². The molecule has 5 rings (SSSR count). The topological polar surface area (TPSA) is 79.2 Å². The number of thiophene rings is 2. The van der Waals surface area contributed by atoms with Crippen LogP contribution < -0.4 is 10.2 Å². The molecule has 10 heteroatoms. The minimum Gasteiger partial charge on any atom is -0.353 e. The Labute approximate surface area is 181 Å². The first-order valence-corrected chi connectivity index (χ1v) is 11.5. The fourth-order valence-corrected chi connectivity index (χ4v) is 5.06. The smallest absolute Gasteiger partial charge is 0.239 e. The molecule has 4 aromatic rings. The number of rotatable bonds is 6. The Morgan fingerprint density at radius 1 is 1.07 bits per heavy atom. The minimum absolute atomic E-state index is 0.0151. The van der Waals surface area contributed by atoms with Crippen molar-refractivity contribution in [1.29, 1.82) is 0 Å². The number of amides is 1. The van der Waals surface area contributed by atoms with Crippen LogP contribution in [0.4, 0.5) is 11.6 Å². The summed E-state index contributed by atoms with van der Waals surface area (Å²) < 4.78 is 1.82. The lowest BCUT2D eigenvalue weighted by Crippen LogP contribution is -2.49. The highest BCUT2D eigenvalue weighted by Crippen LogP contribution is 2.27. The summed E-state index contributed by atoms with van der Waals surface area (Å²) in [5.41, 5.74) is 0. The van der Waals surface area contributed by atoms with Crippen LogP contribution in [0.5, 0.6) is 0 Å². The maximum atomic E-state index is 12.6. The zero-order valence-electron chi connectivity index (χ0n) is 16.3. The lowest BCUT2D eigenvalue weighted by molar-refractivity contribution is -0.117. The van der Waals surface area contributed by atoms with E-state index in [9.17, 15) is 4.79 Å². The molecule has 1 N–H and O–H groups in total. The lowest BCUT2D eigenvalue weighted by atomic mass is 10.2. The quantitative estimate of drug-likeness (QED) is 0.498. The Bertz CT molecular complexity index is 1130. The third-order valence-electron chi connectivity index (χ3n) is 5.15. The molecule has 0 unspecified atom stereocenters. The molecule has 0 radical (unpaired) electrons. The molecule has 1 amide bonds. The van der Waals surface area contributed by atoms with Gasteiger partial charge in [-0.25, -0.2) is 14.6 Å². The maximum absolute atomic E-state index is 12.6. The van der Waals surface area contributed by atoms with E-state index < -0.39 is 0 Å². The van der Waals surface area contributed by atoms with Crippen LogP contribution in [-0.4, -0.2) is 63.3 Å². The van der Waals surface area contributed by atoms with Crippen LogP contribution in [0.1, 0.15) is 4.88 Å². The number of aromatic nitrogens is 4. The normalized spacial score (nSPS) is 15.0. The lowest BCUT2D eigenvalue weighted by Gasteiger charge is -2.35. The minimum atomic E-state index is -0.0151. The predicted molar refractivity (Wildman–Crippen MR) is 120 cm³/mol. The summed E-state index contributed by atoms with van der Waals surface area (Å²) in [6.07, 6.45) is 3.35. The average molecular weight is 440 g/mol. The highest BCUT2D eigenvalue weighted by molar-refractivity contribution is 7.16. The van der Waals surface area contributed by atoms with E-state index in [1.54, 1.807) is 35.2 Å². The van der Waals surface area contributed by atoms with E-state index in [2.05, 4.69) is 42.3 Å². The van der Waals surface area contributed by atoms with Crippen molar-refractivity contribution in [3.05, 3.63) is 52.4 Å². The van der Waals surface area contributed by atoms with Gasteiger partial charge in [-0.2, -0.15) is 5.10 Å². The Morgan fingerprint density at radius 3 is 2.80 bits per heavy atom. The van der Waals surface area contributed by atoms with Gasteiger partial charge in [0.1, 0.15) is 22.8 Å². The van der Waals surface area contributed by atoms with Crippen LogP contribution in [0, 0.1) is 0 Å². The van der Waals surface area contributed by atoms with Gasteiger partial charge in [-0.15, -0.1) is 22.7 Å². The molecule has 1 aliphatic rings. The summed E-state index contributed by atoms with van der Waals surface area (Å²) in [7, 11) is 0. The molecule has 0 bridgehead atoms. The molecule has 30 heavy (non-hydrogen) atoms. The van der Waals surface area contributed by atoms with Crippen LogP contribution in [0.25, 0.3) is 10.2 Å². The monoisotopic (exact) mass is 439 g/mol. The largest absolute Gasteiger partial charge is 0.353 e. The van der Waals surface area contributed by atoms with Crippen molar-refractivity contribution in [3.8, 4) is 0 Å². The molecule has 0 saturated carbocycles. The van der Waals surface area contributed by atoms with Gasteiger partial charge in [-0.3, -0.25) is 9.69 Å². The molecule has 4 aromatic heterocycles. The number of hydrogen-bond donors (Lipinski definition) is 1. The molecule has 0 aromatic carbocycles. The Kier molecular flexibility index (Phi) is 5.43. The zero-order chi connectivity index (χ0) is 20.3. The van der Waals surface area contributed by atoms with Crippen molar-refractivity contribution in [2.24, 2.45) is 0 Å². The van der Waals surface area contributed by atoms with Crippen molar-refractivity contribution in [1.82, 2.24) is 24.6 Å². The van der Waals surface area contributed by atoms with Crippen molar-refractivity contribution in [3.63, 3.8) is 0 Å². The van der Waals surface area contributed by atoms with Gasteiger partial charge in [0.05, 0.1) is 24.7 Å². The van der Waals surface area contributed by atoms with Crippen LogP contribution in [-0.2, 0) is 11.3 Å². The molecule has 1 saturated heterocycles. The Hall–Kier alpha value is -2.82. The molecule has 0 aliphatic carbocycles. The maximum Gasteiger partial charge on any atom is 0.239 e. The van der Waals surface area contributed by atoms with Crippen LogP contribution in [0.15, 0.2) is 47.5 Å². The fourth-order valence-electron chi connectivity index (χ4n) is 3.65. The first-order valence-electron chi connectivity index (χ1n) is 9.76. The second-order valence-electron chi connectivity index (χ2n) is 7.10. The van der Waals surface area contributed by atoms with E-state index in [-0.39, 0.29) is 5.91 Å². The van der Waals surface area contributed by atoms with Gasteiger partial charge in [-0.1, -0.05) is 6.07 Å². The van der Waals surface area contributed by atoms with E-state index in [1.165, 1.54) is 4.88 Å². The van der Waals surface area contributed by atoms with Gasteiger partial charge >= 0.3 is 0 Å². The average Bonchev–Trinajstić information content (AvgIpc) is 3.51. The van der Waals surface area contributed by atoms with Crippen LogP contribution >= 0.6 is 22.7 Å². The first-order chi connectivity index (χ1) is 14.8. The third kappa shape index (κ3) is 4.07. The SMILES string of the molecule is O=C(CN1CCN(c2ncnc3sccc23)CC1)Nc1ccnn1Cc1cccs1. The van der Waals surface area contributed by atoms with E-state index in [1.807, 2.05) is 27.6 Å². The number of nitrogens with one attached hydrogen (secondary N) is 1. The first kappa shape index (κ1) is 19.2. The van der Waals surface area contributed by atoms with Gasteiger partial charge in [0.25, 0.3) is 0 Å². The number of anilines is 2. The van der Waals surface area contributed by atoms with Crippen LogP contribution in [0.3, 0.4) is 0 Å². The van der Waals surface area contributed by atoms with E-state index in [0.29, 0.717) is 13.1 Å². The summed E-state index contributed by atoms with van der Waals surface area (Å²) in [5.74, 6) is 1.70. The summed E-state index contributed by atoms with van der Waals surface area (Å²) in [6, 6.07) is 8.00. The molecule has 8 nitrogen and oxygen atoms in total. The molecule has 5 heterocycles. The number of carbonyl (C=O) groups excluding carboxylic acids is 1. The van der Waals surface area contributed by atoms with E-state index >= 15 is 0 Å². The van der Waals surface area contributed by atoms with Crippen molar-refractivity contribution in [2.75, 3.05) is 42.9 Å². The molecule has 0 spiro atoms. The highest BCUT2D eigenvalue weighted by atomic mass is 32.1. The number of piperazine rings is 1. The molecule has 0 atom stereocenters. The third-order valence-corrected chi connectivity index (χ3v) is 6.83. The van der Waals surface area contributed by atoms with Crippen molar-refractivity contribution < 1.29 is 4.79 Å². The Morgan fingerprint density at radius 2 is 1.97 bits per heavy atom. The van der Waals surface area contributed by atoms with E-state index in [0.717, 1.165) is 48.0 Å². The van der Waals surface area contributed by atoms with Gasteiger partial charge in [-0.05, 0) is 22.9 Å². The van der Waals surface area contributed by atoms with Crippen molar-refractivity contribution in [2.45, 2.75) is 6.54 Å². The number of nitrogens with zero attached hydrogens (tertiary/aromatic N) is 6. The summed E-state index contributed by atoms with van der Waals surface area (Å²) in [6.45, 7) is 4.34. The van der Waals surface area contributed by atoms with Gasteiger partial charge < -0.3 is 10.2 Å².